The lowest BCUT2D eigenvalue weighted by Gasteiger charge is -2.14. The van der Waals surface area contributed by atoms with E-state index in [4.69, 9.17) is 0 Å². The van der Waals surface area contributed by atoms with E-state index in [0.717, 1.165) is 25.7 Å². The summed E-state index contributed by atoms with van der Waals surface area (Å²) in [5.74, 6) is 0. The van der Waals surface area contributed by atoms with Crippen molar-refractivity contribution >= 4 is 48.7 Å². The largest absolute Gasteiger partial charge is 0.0847 e. The summed E-state index contributed by atoms with van der Waals surface area (Å²) in [6.45, 7) is 10.6. The van der Waals surface area contributed by atoms with Crippen molar-refractivity contribution in [3.63, 3.8) is 0 Å². The van der Waals surface area contributed by atoms with Gasteiger partial charge in [0.1, 0.15) is 0 Å². The van der Waals surface area contributed by atoms with E-state index in [9.17, 15) is 0 Å². The van der Waals surface area contributed by atoms with Crippen molar-refractivity contribution in [3.05, 3.63) is 292 Å². The Labute approximate surface area is 445 Å². The molecule has 366 valence electrons. The van der Waals surface area contributed by atoms with Gasteiger partial charge in [0, 0.05) is 0 Å². The number of hydrogen-bond donors (Lipinski definition) is 0. The van der Waals surface area contributed by atoms with Crippen LogP contribution in [0.2, 0.25) is 0 Å². The Morgan fingerprint density at radius 2 is 0.987 bits per heavy atom. The molecule has 0 fully saturated rings. The van der Waals surface area contributed by atoms with E-state index in [2.05, 4.69) is 271 Å². The molecule has 0 N–H and O–H groups in total. The number of aryl methyl sites for hydroxylation is 2. The second-order valence-corrected chi connectivity index (χ2v) is 20.6. The predicted molar refractivity (Wildman–Crippen MR) is 327 cm³/mol. The highest BCUT2D eigenvalue weighted by Crippen LogP contribution is 2.49. The molecule has 3 aliphatic rings. The van der Waals surface area contributed by atoms with Gasteiger partial charge in [0.25, 0.3) is 0 Å². The molecule has 0 saturated heterocycles. The maximum absolute atomic E-state index is 2.40. The summed E-state index contributed by atoms with van der Waals surface area (Å²) in [6.07, 6.45) is 26.6. The summed E-state index contributed by atoms with van der Waals surface area (Å²) in [5, 5.41) is 10.8. The molecule has 3 aliphatic carbocycles. The van der Waals surface area contributed by atoms with Crippen LogP contribution in [0.4, 0.5) is 0 Å². The van der Waals surface area contributed by atoms with Crippen LogP contribution in [0.3, 0.4) is 0 Å². The molecule has 0 atom stereocenters. The maximum atomic E-state index is 2.40. The molecule has 10 aromatic carbocycles. The molecule has 10 aromatic rings. The Bertz CT molecular complexity index is 3950. The summed E-state index contributed by atoms with van der Waals surface area (Å²) in [4.78, 5) is 0. The third-order valence-corrected chi connectivity index (χ3v) is 15.6. The number of benzene rings is 10. The van der Waals surface area contributed by atoms with Crippen molar-refractivity contribution in [1.29, 1.82) is 0 Å². The maximum Gasteiger partial charge on any atom is -0.000682 e. The minimum absolute atomic E-state index is 0.976. The second kappa shape index (κ2) is 22.0. The topological polar surface area (TPSA) is 0 Å². The molecular formula is C75H66. The van der Waals surface area contributed by atoms with Gasteiger partial charge in [-0.2, -0.15) is 0 Å². The number of allylic oxidation sites excluding steroid dienone is 12. The van der Waals surface area contributed by atoms with Crippen LogP contribution in [0.25, 0.3) is 82.0 Å². The third kappa shape index (κ3) is 10.2. The van der Waals surface area contributed by atoms with Gasteiger partial charge in [-0.3, -0.25) is 0 Å². The molecule has 13 rings (SSSR count). The quantitative estimate of drug-likeness (QED) is 0.133. The van der Waals surface area contributed by atoms with Crippen LogP contribution in [0.1, 0.15) is 84.5 Å². The molecule has 0 radical (unpaired) electrons. The van der Waals surface area contributed by atoms with Crippen molar-refractivity contribution in [2.75, 3.05) is 0 Å². The molecule has 0 saturated carbocycles. The Balaban J connectivity index is 0.000000123. The van der Waals surface area contributed by atoms with E-state index < -0.39 is 0 Å². The molecule has 75 heavy (non-hydrogen) atoms. The summed E-state index contributed by atoms with van der Waals surface area (Å²) >= 11 is 0. The molecule has 0 unspecified atom stereocenters. The Kier molecular flexibility index (Phi) is 14.4. The summed E-state index contributed by atoms with van der Waals surface area (Å²) < 4.78 is 0. The Morgan fingerprint density at radius 3 is 1.56 bits per heavy atom. The van der Waals surface area contributed by atoms with Crippen molar-refractivity contribution in [1.82, 2.24) is 0 Å². The molecule has 0 spiro atoms. The highest BCUT2D eigenvalue weighted by molar-refractivity contribution is 6.13. The molecule has 0 aromatic heterocycles. The van der Waals surface area contributed by atoms with E-state index in [1.165, 1.54) is 151 Å². The van der Waals surface area contributed by atoms with Gasteiger partial charge < -0.3 is 0 Å². The lowest BCUT2D eigenvalue weighted by Crippen LogP contribution is -1.93. The van der Waals surface area contributed by atoms with Crippen molar-refractivity contribution in [3.8, 4) is 33.4 Å². The van der Waals surface area contributed by atoms with Crippen LogP contribution in [0, 0.1) is 13.8 Å². The fourth-order valence-corrected chi connectivity index (χ4v) is 11.6. The predicted octanol–water partition coefficient (Wildman–Crippen LogP) is 20.8. The SMILES string of the molecule is C/C=C(C)\C=C/Cc1cc2ccccc2c2c1Cc1ccc3ccccc3c1-2.C/C=C(\C=C/CC1=CCCC=C1)c1ccc(C)cc1.Cc1ccc(-c2cc3ccccc3c3c2Cc2ccc4ccccc4c2-3)cc1. The monoisotopic (exact) mass is 967 g/mol. The summed E-state index contributed by atoms with van der Waals surface area (Å²) in [7, 11) is 0. The van der Waals surface area contributed by atoms with Crippen LogP contribution < -0.4 is 0 Å². The number of rotatable bonds is 8. The van der Waals surface area contributed by atoms with Gasteiger partial charge in [-0.05, 0) is 200 Å². The molecular weight excluding hydrogens is 901 g/mol. The van der Waals surface area contributed by atoms with Gasteiger partial charge in [0.15, 0.2) is 0 Å². The molecule has 0 bridgehead atoms. The zero-order chi connectivity index (χ0) is 51.3. The highest BCUT2D eigenvalue weighted by atomic mass is 14.3. The van der Waals surface area contributed by atoms with Crippen LogP contribution >= 0.6 is 0 Å². The average molecular weight is 967 g/mol. The van der Waals surface area contributed by atoms with Crippen molar-refractivity contribution in [2.45, 2.75) is 73.1 Å². The van der Waals surface area contributed by atoms with Crippen LogP contribution in [0.5, 0.6) is 0 Å². The fraction of sp³-hybridized carbons (Fsp3) is 0.147. The normalized spacial score (nSPS) is 13.6. The van der Waals surface area contributed by atoms with Crippen molar-refractivity contribution < 1.29 is 0 Å². The van der Waals surface area contributed by atoms with Crippen LogP contribution in [-0.4, -0.2) is 0 Å². The standard InChI is InChI=1S/C28H20.C28H24.C19H22/c1-18-10-12-20(13-11-18)25-16-21-7-3-5-9-24(21)28-26(25)17-22-15-14-19-6-2-4-8-23(19)27(22)28;1-3-19(2)9-8-12-22-17-21-11-5-7-14-25(21)28-26(22)18-23-16-15-20-10-4-6-13-24(20)27(23)28;1-3-18(19-14-12-16(2)13-15-19)11-7-10-17-8-5-4-6-9-17/h2-16H,17H2,1H3;3-11,13-17H,12,18H2,1-2H3;3,5,7-9,11-15H,4,6,10H2,1-2H3/b;9-8-,19-3-;11-7-,18-3+. The highest BCUT2D eigenvalue weighted by Gasteiger charge is 2.27. The van der Waals surface area contributed by atoms with Gasteiger partial charge in [0.2, 0.25) is 0 Å². The molecule has 0 heteroatoms. The van der Waals surface area contributed by atoms with E-state index in [-0.39, 0.29) is 0 Å². The van der Waals surface area contributed by atoms with E-state index in [0.29, 0.717) is 0 Å². The Hall–Kier alpha value is -8.32. The summed E-state index contributed by atoms with van der Waals surface area (Å²) in [5.41, 5.74) is 23.7. The first-order chi connectivity index (χ1) is 36.8. The zero-order valence-electron chi connectivity index (χ0n) is 44.3. The molecule has 0 nitrogen and oxygen atoms in total. The first-order valence-corrected chi connectivity index (χ1v) is 27.1. The smallest absolute Gasteiger partial charge is 0.000682 e. The summed E-state index contributed by atoms with van der Waals surface area (Å²) in [6, 6.07) is 66.9. The van der Waals surface area contributed by atoms with E-state index in [1.54, 1.807) is 0 Å². The van der Waals surface area contributed by atoms with Gasteiger partial charge in [-0.15, -0.1) is 0 Å². The van der Waals surface area contributed by atoms with Crippen LogP contribution in [0.15, 0.2) is 248 Å². The lowest BCUT2D eigenvalue weighted by atomic mass is 9.89. The van der Waals surface area contributed by atoms with Gasteiger partial charge in [-0.1, -0.05) is 247 Å². The second-order valence-electron chi connectivity index (χ2n) is 20.6. The van der Waals surface area contributed by atoms with Gasteiger partial charge in [-0.25, -0.2) is 0 Å². The first kappa shape index (κ1) is 48.9. The number of hydrogen-bond acceptors (Lipinski definition) is 0. The minimum Gasteiger partial charge on any atom is -0.0847 e. The fourth-order valence-electron chi connectivity index (χ4n) is 11.6. The zero-order valence-corrected chi connectivity index (χ0v) is 44.3. The first-order valence-electron chi connectivity index (χ1n) is 27.1. The minimum atomic E-state index is 0.976. The Morgan fingerprint density at radius 1 is 0.467 bits per heavy atom. The van der Waals surface area contributed by atoms with E-state index in [1.807, 2.05) is 0 Å². The average Bonchev–Trinajstić information content (AvgIpc) is 4.06. The molecule has 0 heterocycles. The van der Waals surface area contributed by atoms with Crippen LogP contribution in [-0.2, 0) is 19.3 Å². The molecule has 0 aliphatic heterocycles. The van der Waals surface area contributed by atoms with Gasteiger partial charge in [0.05, 0.1) is 0 Å². The van der Waals surface area contributed by atoms with Gasteiger partial charge >= 0.3 is 0 Å². The lowest BCUT2D eigenvalue weighted by molar-refractivity contribution is 1.00. The van der Waals surface area contributed by atoms with E-state index >= 15 is 0 Å². The third-order valence-electron chi connectivity index (χ3n) is 15.6. The molecule has 0 amide bonds. The number of fused-ring (bicyclic) bond motifs is 14. The van der Waals surface area contributed by atoms with Crippen molar-refractivity contribution in [2.24, 2.45) is 0 Å².